The van der Waals surface area contributed by atoms with Gasteiger partial charge in [0, 0.05) is 6.20 Å². The van der Waals surface area contributed by atoms with Crippen LogP contribution in [0.5, 0.6) is 0 Å². The van der Waals surface area contributed by atoms with Gasteiger partial charge in [0.25, 0.3) is 0 Å². The molecule has 27 heavy (non-hydrogen) atoms. The van der Waals surface area contributed by atoms with Gasteiger partial charge < -0.3 is 19.7 Å². The fraction of sp³-hybridized carbons (Fsp3) is 0.318. The van der Waals surface area contributed by atoms with E-state index in [1.165, 1.54) is 0 Å². The Morgan fingerprint density at radius 3 is 2.67 bits per heavy atom. The fourth-order valence-electron chi connectivity index (χ4n) is 2.82. The first-order valence-corrected chi connectivity index (χ1v) is 9.07. The van der Waals surface area contributed by atoms with Gasteiger partial charge in [0.05, 0.1) is 18.4 Å². The summed E-state index contributed by atoms with van der Waals surface area (Å²) in [5.74, 6) is 1.12. The second kappa shape index (κ2) is 10.6. The molecule has 1 atom stereocenters. The number of rotatable bonds is 10. The summed E-state index contributed by atoms with van der Waals surface area (Å²) >= 11 is 0. The highest BCUT2D eigenvalue weighted by molar-refractivity contribution is 5.78. The molecule has 0 saturated heterocycles. The zero-order chi connectivity index (χ0) is 19.6. The Bertz CT molecular complexity index is 790. The lowest BCUT2D eigenvalue weighted by Gasteiger charge is -2.17. The van der Waals surface area contributed by atoms with Gasteiger partial charge in [0.1, 0.15) is 18.1 Å². The molecule has 0 radical (unpaired) electrons. The van der Waals surface area contributed by atoms with E-state index in [2.05, 4.69) is 11.6 Å². The molecule has 0 bridgehead atoms. The Morgan fingerprint density at radius 1 is 1.26 bits per heavy atom. The SMILES string of the molecule is C=C(CC)/C(=C/CO)C(O)CC/C(=C/c1ccc(CO)o1)c1ccccn1. The van der Waals surface area contributed by atoms with Gasteiger partial charge in [0.15, 0.2) is 0 Å². The van der Waals surface area contributed by atoms with E-state index in [1.54, 1.807) is 24.4 Å². The van der Waals surface area contributed by atoms with Crippen molar-refractivity contribution in [1.29, 1.82) is 0 Å². The summed E-state index contributed by atoms with van der Waals surface area (Å²) in [7, 11) is 0. The molecule has 0 amide bonds. The van der Waals surface area contributed by atoms with Crippen molar-refractivity contribution in [1.82, 2.24) is 4.98 Å². The Hall–Kier alpha value is -2.47. The molecule has 2 heterocycles. The number of nitrogens with zero attached hydrogens (tertiary/aromatic N) is 1. The van der Waals surface area contributed by atoms with Crippen molar-refractivity contribution in [3.8, 4) is 0 Å². The van der Waals surface area contributed by atoms with E-state index in [-0.39, 0.29) is 13.2 Å². The first-order chi connectivity index (χ1) is 13.1. The molecule has 2 aromatic rings. The van der Waals surface area contributed by atoms with Crippen molar-refractivity contribution in [2.45, 2.75) is 38.9 Å². The topological polar surface area (TPSA) is 86.7 Å². The summed E-state index contributed by atoms with van der Waals surface area (Å²) in [6.45, 7) is 5.65. The molecule has 3 N–H and O–H groups in total. The molecule has 5 heteroatoms. The molecule has 0 saturated carbocycles. The highest BCUT2D eigenvalue weighted by atomic mass is 16.4. The maximum absolute atomic E-state index is 10.6. The van der Waals surface area contributed by atoms with Crippen LogP contribution in [0.15, 0.2) is 64.7 Å². The third kappa shape index (κ3) is 6.03. The van der Waals surface area contributed by atoms with Gasteiger partial charge in [-0.25, -0.2) is 0 Å². The number of allylic oxidation sites excluding steroid dienone is 1. The standard InChI is InChI=1S/C22H27NO4/c1-3-16(2)20(11-13-24)22(26)10-7-17(21-6-4-5-12-23-21)14-18-8-9-19(15-25)27-18/h4-6,8-9,11-12,14,22,24-26H,2-3,7,10,13,15H2,1H3/b17-14-,20-11-. The number of aromatic nitrogens is 1. The maximum atomic E-state index is 10.6. The van der Waals surface area contributed by atoms with Crippen LogP contribution in [-0.2, 0) is 6.61 Å². The highest BCUT2D eigenvalue weighted by Gasteiger charge is 2.15. The molecule has 0 aliphatic rings. The average molecular weight is 369 g/mol. The number of hydrogen-bond acceptors (Lipinski definition) is 5. The molecule has 0 aromatic carbocycles. The van der Waals surface area contributed by atoms with Crippen molar-refractivity contribution >= 4 is 11.6 Å². The van der Waals surface area contributed by atoms with E-state index >= 15 is 0 Å². The van der Waals surface area contributed by atoms with Crippen molar-refractivity contribution in [3.05, 3.63) is 77.5 Å². The minimum Gasteiger partial charge on any atom is -0.459 e. The Balaban J connectivity index is 2.22. The van der Waals surface area contributed by atoms with Crippen LogP contribution in [0.2, 0.25) is 0 Å². The molecule has 0 spiro atoms. The van der Waals surface area contributed by atoms with Gasteiger partial charge in [-0.2, -0.15) is 0 Å². The predicted molar refractivity (Wildman–Crippen MR) is 107 cm³/mol. The van der Waals surface area contributed by atoms with Crippen molar-refractivity contribution in [2.24, 2.45) is 0 Å². The lowest BCUT2D eigenvalue weighted by atomic mass is 9.93. The summed E-state index contributed by atoms with van der Waals surface area (Å²) < 4.78 is 5.56. The van der Waals surface area contributed by atoms with Crippen molar-refractivity contribution < 1.29 is 19.7 Å². The molecule has 5 nitrogen and oxygen atoms in total. The summed E-state index contributed by atoms with van der Waals surface area (Å²) in [6, 6.07) is 9.18. The van der Waals surface area contributed by atoms with Gasteiger partial charge in [-0.05, 0) is 66.3 Å². The Labute approximate surface area is 160 Å². The molecule has 1 unspecified atom stereocenters. The van der Waals surface area contributed by atoms with Crippen LogP contribution in [-0.4, -0.2) is 33.0 Å². The second-order valence-corrected chi connectivity index (χ2v) is 6.20. The van der Waals surface area contributed by atoms with E-state index in [0.29, 0.717) is 36.4 Å². The first kappa shape index (κ1) is 20.8. The minimum atomic E-state index is -0.721. The van der Waals surface area contributed by atoms with E-state index in [4.69, 9.17) is 4.42 Å². The molecule has 0 aliphatic heterocycles. The van der Waals surface area contributed by atoms with Crippen molar-refractivity contribution in [2.75, 3.05) is 6.61 Å². The quantitative estimate of drug-likeness (QED) is 0.556. The van der Waals surface area contributed by atoms with Crippen molar-refractivity contribution in [3.63, 3.8) is 0 Å². The normalized spacial score (nSPS) is 13.6. The van der Waals surface area contributed by atoms with Gasteiger partial charge in [-0.15, -0.1) is 0 Å². The van der Waals surface area contributed by atoms with Crippen LogP contribution in [0.3, 0.4) is 0 Å². The van der Waals surface area contributed by atoms with Crippen LogP contribution < -0.4 is 0 Å². The van der Waals surface area contributed by atoms with E-state index < -0.39 is 6.10 Å². The summed E-state index contributed by atoms with van der Waals surface area (Å²) in [5.41, 5.74) is 3.21. The van der Waals surface area contributed by atoms with E-state index in [1.807, 2.05) is 31.2 Å². The molecular weight excluding hydrogens is 342 g/mol. The average Bonchev–Trinajstić information content (AvgIpc) is 3.16. The number of furan rings is 1. The zero-order valence-electron chi connectivity index (χ0n) is 15.6. The van der Waals surface area contributed by atoms with Crippen LogP contribution in [0, 0.1) is 0 Å². The van der Waals surface area contributed by atoms with Crippen LogP contribution in [0.4, 0.5) is 0 Å². The number of pyridine rings is 1. The highest BCUT2D eigenvalue weighted by Crippen LogP contribution is 2.26. The number of aliphatic hydroxyl groups is 3. The minimum absolute atomic E-state index is 0.134. The van der Waals surface area contributed by atoms with Crippen LogP contribution in [0.1, 0.15) is 43.4 Å². The fourth-order valence-corrected chi connectivity index (χ4v) is 2.82. The summed E-state index contributed by atoms with van der Waals surface area (Å²) in [4.78, 5) is 4.40. The van der Waals surface area contributed by atoms with Crippen LogP contribution in [0.25, 0.3) is 11.6 Å². The molecular formula is C22H27NO4. The van der Waals surface area contributed by atoms with Gasteiger partial charge in [0.2, 0.25) is 0 Å². The number of hydrogen-bond donors (Lipinski definition) is 3. The monoisotopic (exact) mass is 369 g/mol. The smallest absolute Gasteiger partial charge is 0.130 e. The Morgan fingerprint density at radius 2 is 2.07 bits per heavy atom. The number of aliphatic hydroxyl groups excluding tert-OH is 3. The lowest BCUT2D eigenvalue weighted by Crippen LogP contribution is -2.13. The molecule has 0 fully saturated rings. The second-order valence-electron chi connectivity index (χ2n) is 6.20. The third-order valence-corrected chi connectivity index (χ3v) is 4.34. The summed E-state index contributed by atoms with van der Waals surface area (Å²) in [5, 5.41) is 29.0. The first-order valence-electron chi connectivity index (χ1n) is 9.07. The molecule has 144 valence electrons. The molecule has 0 aliphatic carbocycles. The van der Waals surface area contributed by atoms with E-state index in [9.17, 15) is 15.3 Å². The maximum Gasteiger partial charge on any atom is 0.130 e. The Kier molecular flexibility index (Phi) is 8.20. The van der Waals surface area contributed by atoms with Gasteiger partial charge in [-0.1, -0.05) is 25.6 Å². The van der Waals surface area contributed by atoms with Gasteiger partial charge in [-0.3, -0.25) is 4.98 Å². The molecule has 2 rings (SSSR count). The predicted octanol–water partition coefficient (Wildman–Crippen LogP) is 3.73. The largest absolute Gasteiger partial charge is 0.459 e. The van der Waals surface area contributed by atoms with E-state index in [0.717, 1.165) is 16.8 Å². The lowest BCUT2D eigenvalue weighted by molar-refractivity contribution is 0.202. The van der Waals surface area contributed by atoms with Gasteiger partial charge >= 0.3 is 0 Å². The summed E-state index contributed by atoms with van der Waals surface area (Å²) in [6.07, 6.45) is 6.22. The van der Waals surface area contributed by atoms with Crippen LogP contribution >= 0.6 is 0 Å². The third-order valence-electron chi connectivity index (χ3n) is 4.34. The molecule has 2 aromatic heterocycles. The zero-order valence-corrected chi connectivity index (χ0v) is 15.6.